The zero-order valence-corrected chi connectivity index (χ0v) is 18.9. The van der Waals surface area contributed by atoms with E-state index >= 15 is 0 Å². The highest BCUT2D eigenvalue weighted by atomic mass is 35.5. The number of anilines is 1. The van der Waals surface area contributed by atoms with Crippen molar-refractivity contribution in [1.29, 1.82) is 0 Å². The van der Waals surface area contributed by atoms with Crippen molar-refractivity contribution in [3.05, 3.63) is 52.8 Å². The quantitative estimate of drug-likeness (QED) is 0.581. The molecule has 1 saturated heterocycles. The highest BCUT2D eigenvalue weighted by Gasteiger charge is 2.38. The topological polar surface area (TPSA) is 75.4 Å². The first-order valence-electron chi connectivity index (χ1n) is 10.7. The Kier molecular flexibility index (Phi) is 6.47. The summed E-state index contributed by atoms with van der Waals surface area (Å²) in [5.41, 5.74) is 1.02. The van der Waals surface area contributed by atoms with E-state index in [-0.39, 0.29) is 29.4 Å². The van der Waals surface area contributed by atoms with Gasteiger partial charge in [-0.25, -0.2) is 0 Å². The largest absolute Gasteiger partial charge is 0.453 e. The zero-order chi connectivity index (χ0) is 23.8. The fraction of sp³-hybridized carbons (Fsp3) is 0.455. The number of nitrogens with zero attached hydrogens (tertiary/aromatic N) is 5. The van der Waals surface area contributed by atoms with Crippen LogP contribution in [0.15, 0.2) is 36.4 Å². The first-order chi connectivity index (χ1) is 15.6. The minimum Gasteiger partial charge on any atom is -0.355 e. The van der Waals surface area contributed by atoms with E-state index in [2.05, 4.69) is 20.6 Å². The molecule has 1 aliphatic rings. The van der Waals surface area contributed by atoms with E-state index in [9.17, 15) is 18.0 Å². The lowest BCUT2D eigenvalue weighted by atomic mass is 9.92. The van der Waals surface area contributed by atoms with Crippen molar-refractivity contribution >= 4 is 29.0 Å². The molecule has 0 radical (unpaired) electrons. The minimum atomic E-state index is -4.65. The molecule has 3 heterocycles. The molecule has 1 aliphatic heterocycles. The van der Waals surface area contributed by atoms with Gasteiger partial charge in [-0.3, -0.25) is 4.79 Å². The number of carbonyl (C=O) groups is 1. The molecular weight excluding hydrogens is 457 g/mol. The summed E-state index contributed by atoms with van der Waals surface area (Å²) in [4.78, 5) is 14.9. The van der Waals surface area contributed by atoms with Gasteiger partial charge in [-0.05, 0) is 48.6 Å². The third-order valence-corrected chi connectivity index (χ3v) is 6.14. The van der Waals surface area contributed by atoms with Gasteiger partial charge in [0, 0.05) is 24.0 Å². The summed E-state index contributed by atoms with van der Waals surface area (Å²) in [7, 11) is 0. The molecule has 0 spiro atoms. The van der Waals surface area contributed by atoms with Crippen LogP contribution in [0.4, 0.5) is 19.0 Å². The van der Waals surface area contributed by atoms with Gasteiger partial charge in [0.2, 0.25) is 5.91 Å². The van der Waals surface area contributed by atoms with Gasteiger partial charge in [-0.1, -0.05) is 37.6 Å². The summed E-state index contributed by atoms with van der Waals surface area (Å²) < 4.78 is 40.1. The van der Waals surface area contributed by atoms with Crippen LogP contribution in [0.5, 0.6) is 0 Å². The maximum Gasteiger partial charge on any atom is 0.453 e. The highest BCUT2D eigenvalue weighted by molar-refractivity contribution is 6.30. The molecule has 2 aromatic heterocycles. The van der Waals surface area contributed by atoms with Crippen LogP contribution < -0.4 is 10.2 Å². The number of halogens is 4. The number of nitrogens with one attached hydrogen (secondary N) is 1. The van der Waals surface area contributed by atoms with E-state index in [1.165, 1.54) is 6.07 Å². The Hall–Kier alpha value is -2.88. The second kappa shape index (κ2) is 9.17. The van der Waals surface area contributed by atoms with Crippen molar-refractivity contribution in [3.8, 4) is 0 Å². The van der Waals surface area contributed by atoms with Gasteiger partial charge in [-0.2, -0.15) is 17.7 Å². The predicted octanol–water partition coefficient (Wildman–Crippen LogP) is 4.53. The number of rotatable bonds is 5. The molecule has 1 aromatic carbocycles. The molecule has 0 bridgehead atoms. The third-order valence-electron chi connectivity index (χ3n) is 5.89. The number of hydrogen-bond acceptors (Lipinski definition) is 5. The molecule has 1 fully saturated rings. The van der Waals surface area contributed by atoms with E-state index in [1.54, 1.807) is 18.2 Å². The molecule has 0 saturated carbocycles. The van der Waals surface area contributed by atoms with Crippen molar-refractivity contribution in [2.75, 3.05) is 18.0 Å². The fourth-order valence-corrected chi connectivity index (χ4v) is 4.20. The molecule has 7 nitrogen and oxygen atoms in total. The second-order valence-electron chi connectivity index (χ2n) is 8.53. The van der Waals surface area contributed by atoms with Crippen molar-refractivity contribution in [2.24, 2.45) is 11.8 Å². The summed E-state index contributed by atoms with van der Waals surface area (Å²) in [5.74, 6) is -0.773. The molecule has 1 N–H and O–H groups in total. The fourth-order valence-electron chi connectivity index (χ4n) is 4.07. The van der Waals surface area contributed by atoms with Gasteiger partial charge in [0.15, 0.2) is 5.65 Å². The summed E-state index contributed by atoms with van der Waals surface area (Å²) in [6.45, 7) is 5.11. The van der Waals surface area contributed by atoms with Crippen molar-refractivity contribution < 1.29 is 18.0 Å². The highest BCUT2D eigenvalue weighted by Crippen LogP contribution is 2.29. The second-order valence-corrected chi connectivity index (χ2v) is 8.96. The van der Waals surface area contributed by atoms with Crippen LogP contribution in [0, 0.1) is 11.8 Å². The van der Waals surface area contributed by atoms with Gasteiger partial charge in [0.1, 0.15) is 5.82 Å². The first kappa shape index (κ1) is 23.3. The first-order valence-corrected chi connectivity index (χ1v) is 11.1. The van der Waals surface area contributed by atoms with Crippen LogP contribution in [-0.2, 0) is 11.0 Å². The predicted molar refractivity (Wildman–Crippen MR) is 118 cm³/mol. The Morgan fingerprint density at radius 1 is 1.09 bits per heavy atom. The van der Waals surface area contributed by atoms with Crippen LogP contribution in [0.2, 0.25) is 5.02 Å². The third kappa shape index (κ3) is 5.05. The monoisotopic (exact) mass is 480 g/mol. The summed E-state index contributed by atoms with van der Waals surface area (Å²) in [6, 6.07) is 10.4. The molecule has 33 heavy (non-hydrogen) atoms. The van der Waals surface area contributed by atoms with Crippen LogP contribution >= 0.6 is 11.6 Å². The molecule has 0 unspecified atom stereocenters. The van der Waals surface area contributed by atoms with Gasteiger partial charge < -0.3 is 10.2 Å². The van der Waals surface area contributed by atoms with Crippen LogP contribution in [0.3, 0.4) is 0 Å². The van der Waals surface area contributed by atoms with E-state index < -0.39 is 12.0 Å². The summed E-state index contributed by atoms with van der Waals surface area (Å²) in [5, 5.41) is 14.6. The SMILES string of the molecule is CC(C)[C@H](NC(=O)C1CCN(c2ccc3nnc(C(F)(F)F)n3n2)CC1)c1ccc(Cl)cc1. The smallest absolute Gasteiger partial charge is 0.355 e. The average Bonchev–Trinajstić information content (AvgIpc) is 3.22. The normalized spacial score (nSPS) is 16.4. The van der Waals surface area contributed by atoms with Gasteiger partial charge in [-0.15, -0.1) is 15.3 Å². The standard InChI is InChI=1S/C22H24ClF3N6O/c1-13(2)19(14-3-5-16(23)6-4-14)27-20(33)15-9-11-31(12-10-15)18-8-7-17-28-29-21(22(24,25)26)32(17)30-18/h3-8,13,15,19H,9-12H2,1-2H3,(H,27,33)/t19-/m0/s1. The van der Waals surface area contributed by atoms with Crippen LogP contribution in [0.25, 0.3) is 5.65 Å². The van der Waals surface area contributed by atoms with E-state index in [4.69, 9.17) is 11.6 Å². The Morgan fingerprint density at radius 2 is 1.76 bits per heavy atom. The maximum atomic E-state index is 13.1. The lowest BCUT2D eigenvalue weighted by molar-refractivity contribution is -0.146. The number of aromatic nitrogens is 4. The number of carbonyl (C=O) groups excluding carboxylic acids is 1. The van der Waals surface area contributed by atoms with E-state index in [1.807, 2.05) is 30.9 Å². The number of benzene rings is 1. The number of alkyl halides is 3. The molecule has 176 valence electrons. The van der Waals surface area contributed by atoms with Gasteiger partial charge in [0.05, 0.1) is 6.04 Å². The molecule has 0 aliphatic carbocycles. The van der Waals surface area contributed by atoms with Crippen LogP contribution in [-0.4, -0.2) is 38.8 Å². The summed E-state index contributed by atoms with van der Waals surface area (Å²) in [6.07, 6.45) is -3.50. The van der Waals surface area contributed by atoms with Crippen LogP contribution in [0.1, 0.15) is 44.1 Å². The Balaban J connectivity index is 1.42. The molecule has 1 atom stereocenters. The molecule has 4 rings (SSSR count). The molecule has 11 heteroatoms. The maximum absolute atomic E-state index is 13.1. The average molecular weight is 481 g/mol. The molecule has 1 amide bonds. The zero-order valence-electron chi connectivity index (χ0n) is 18.2. The van der Waals surface area contributed by atoms with Gasteiger partial charge >= 0.3 is 6.18 Å². The minimum absolute atomic E-state index is 0.0233. The Bertz CT molecular complexity index is 1120. The Morgan fingerprint density at radius 3 is 2.36 bits per heavy atom. The number of amides is 1. The molecular formula is C22H24ClF3N6O. The molecule has 3 aromatic rings. The Labute approximate surface area is 193 Å². The van der Waals surface area contributed by atoms with Crippen molar-refractivity contribution in [3.63, 3.8) is 0 Å². The van der Waals surface area contributed by atoms with E-state index in [0.29, 0.717) is 41.3 Å². The number of piperidine rings is 1. The van der Waals surface area contributed by atoms with Crippen molar-refractivity contribution in [1.82, 2.24) is 25.1 Å². The lowest BCUT2D eigenvalue weighted by Crippen LogP contribution is -2.42. The lowest BCUT2D eigenvalue weighted by Gasteiger charge is -2.33. The number of fused-ring (bicyclic) bond motifs is 1. The summed E-state index contributed by atoms with van der Waals surface area (Å²) >= 11 is 5.98. The van der Waals surface area contributed by atoms with E-state index in [0.717, 1.165) is 5.56 Å². The number of hydrogen-bond donors (Lipinski definition) is 1. The van der Waals surface area contributed by atoms with Crippen molar-refractivity contribution in [2.45, 2.75) is 38.9 Å². The van der Waals surface area contributed by atoms with Gasteiger partial charge in [0.25, 0.3) is 5.82 Å².